The highest BCUT2D eigenvalue weighted by Gasteiger charge is 2.30. The van der Waals surface area contributed by atoms with Crippen molar-refractivity contribution in [2.75, 3.05) is 13.1 Å². The Kier molecular flexibility index (Phi) is 7.04. The summed E-state index contributed by atoms with van der Waals surface area (Å²) in [7, 11) is 0. The SMILES string of the molecule is CC1CNCC(C)(C(C)C)CCC(C)C(C)CC(C)C1. The minimum absolute atomic E-state index is 0.457. The van der Waals surface area contributed by atoms with Gasteiger partial charge in [0.05, 0.1) is 0 Å². The number of nitrogens with one attached hydrogen (secondary N) is 1. The Labute approximate surface area is 128 Å². The van der Waals surface area contributed by atoms with Gasteiger partial charge in [-0.2, -0.15) is 0 Å². The Bertz CT molecular complexity index is 273. The number of hydrogen-bond acceptors (Lipinski definition) is 1. The van der Waals surface area contributed by atoms with E-state index in [0.29, 0.717) is 5.41 Å². The summed E-state index contributed by atoms with van der Waals surface area (Å²) in [5, 5.41) is 3.77. The summed E-state index contributed by atoms with van der Waals surface area (Å²) in [6.45, 7) is 19.5. The molecule has 1 rings (SSSR count). The molecule has 1 aliphatic rings. The lowest BCUT2D eigenvalue weighted by Crippen LogP contribution is -2.39. The van der Waals surface area contributed by atoms with Gasteiger partial charge in [-0.05, 0) is 67.2 Å². The summed E-state index contributed by atoms with van der Waals surface area (Å²) in [6, 6.07) is 0. The van der Waals surface area contributed by atoms with Gasteiger partial charge >= 0.3 is 0 Å². The van der Waals surface area contributed by atoms with Crippen LogP contribution in [0.4, 0.5) is 0 Å². The zero-order chi connectivity index (χ0) is 15.3. The van der Waals surface area contributed by atoms with Crippen LogP contribution >= 0.6 is 0 Å². The Morgan fingerprint density at radius 2 is 1.60 bits per heavy atom. The van der Waals surface area contributed by atoms with Crippen LogP contribution in [-0.4, -0.2) is 13.1 Å². The molecule has 1 aliphatic heterocycles. The Balaban J connectivity index is 2.74. The Morgan fingerprint density at radius 1 is 0.950 bits per heavy atom. The average molecular weight is 282 g/mol. The molecule has 120 valence electrons. The summed E-state index contributed by atoms with van der Waals surface area (Å²) in [4.78, 5) is 0. The van der Waals surface area contributed by atoms with Crippen molar-refractivity contribution >= 4 is 0 Å². The smallest absolute Gasteiger partial charge is 0.000772 e. The molecule has 5 unspecified atom stereocenters. The standard InChI is InChI=1S/C19H39N/c1-14(2)19(7)9-8-17(5)18(6)11-15(3)10-16(4)12-20-13-19/h14-18,20H,8-13H2,1-7H3. The monoisotopic (exact) mass is 281 g/mol. The van der Waals surface area contributed by atoms with E-state index in [2.05, 4.69) is 53.8 Å². The topological polar surface area (TPSA) is 12.0 Å². The molecule has 1 nitrogen and oxygen atoms in total. The van der Waals surface area contributed by atoms with Gasteiger partial charge in [-0.25, -0.2) is 0 Å². The second-order valence-electron chi connectivity index (χ2n) is 8.61. The Morgan fingerprint density at radius 3 is 2.20 bits per heavy atom. The lowest BCUT2D eigenvalue weighted by atomic mass is 9.72. The molecule has 0 bridgehead atoms. The molecule has 0 aromatic rings. The van der Waals surface area contributed by atoms with E-state index in [0.717, 1.165) is 29.6 Å². The summed E-state index contributed by atoms with van der Waals surface area (Å²) < 4.78 is 0. The quantitative estimate of drug-likeness (QED) is 0.682. The molecule has 1 heteroatoms. The fourth-order valence-electron chi connectivity index (χ4n) is 3.76. The van der Waals surface area contributed by atoms with Crippen molar-refractivity contribution in [2.45, 2.75) is 74.1 Å². The summed E-state index contributed by atoms with van der Waals surface area (Å²) in [5.41, 5.74) is 0.457. The van der Waals surface area contributed by atoms with Gasteiger partial charge in [-0.1, -0.05) is 48.5 Å². The van der Waals surface area contributed by atoms with Crippen LogP contribution in [0, 0.1) is 35.0 Å². The molecular weight excluding hydrogens is 242 g/mol. The molecule has 20 heavy (non-hydrogen) atoms. The van der Waals surface area contributed by atoms with Crippen LogP contribution in [0.2, 0.25) is 0 Å². The van der Waals surface area contributed by atoms with Gasteiger partial charge in [0.2, 0.25) is 0 Å². The van der Waals surface area contributed by atoms with Gasteiger partial charge in [0, 0.05) is 6.54 Å². The van der Waals surface area contributed by atoms with E-state index in [1.54, 1.807) is 0 Å². The normalized spacial score (nSPS) is 42.0. The van der Waals surface area contributed by atoms with Crippen molar-refractivity contribution in [1.29, 1.82) is 0 Å². The molecule has 1 heterocycles. The highest BCUT2D eigenvalue weighted by atomic mass is 14.9. The first-order valence-electron chi connectivity index (χ1n) is 8.95. The van der Waals surface area contributed by atoms with Crippen LogP contribution in [-0.2, 0) is 0 Å². The van der Waals surface area contributed by atoms with Crippen LogP contribution in [0.25, 0.3) is 0 Å². The van der Waals surface area contributed by atoms with Crippen molar-refractivity contribution in [3.63, 3.8) is 0 Å². The average Bonchev–Trinajstić information content (AvgIpc) is 2.34. The maximum Gasteiger partial charge on any atom is 0.000772 e. The van der Waals surface area contributed by atoms with Gasteiger partial charge in [-0.15, -0.1) is 0 Å². The molecular formula is C19H39N. The second kappa shape index (κ2) is 7.82. The van der Waals surface area contributed by atoms with E-state index >= 15 is 0 Å². The lowest BCUT2D eigenvalue weighted by Gasteiger charge is -2.37. The third-order valence-corrected chi connectivity index (χ3v) is 6.14. The summed E-state index contributed by atoms with van der Waals surface area (Å²) in [6.07, 6.45) is 5.54. The van der Waals surface area contributed by atoms with Gasteiger partial charge < -0.3 is 5.32 Å². The summed E-state index contributed by atoms with van der Waals surface area (Å²) >= 11 is 0. The fraction of sp³-hybridized carbons (Fsp3) is 1.00. The third kappa shape index (κ3) is 5.39. The van der Waals surface area contributed by atoms with Gasteiger partial charge in [-0.3, -0.25) is 0 Å². The van der Waals surface area contributed by atoms with Crippen molar-refractivity contribution in [2.24, 2.45) is 35.0 Å². The van der Waals surface area contributed by atoms with Crippen molar-refractivity contribution in [3.05, 3.63) is 0 Å². The molecule has 0 saturated carbocycles. The first kappa shape index (κ1) is 18.0. The van der Waals surface area contributed by atoms with Gasteiger partial charge in [0.15, 0.2) is 0 Å². The van der Waals surface area contributed by atoms with Gasteiger partial charge in [0.1, 0.15) is 0 Å². The zero-order valence-corrected chi connectivity index (χ0v) is 15.1. The molecule has 0 aromatic heterocycles. The molecule has 0 aliphatic carbocycles. The van der Waals surface area contributed by atoms with Crippen LogP contribution in [0.15, 0.2) is 0 Å². The second-order valence-corrected chi connectivity index (χ2v) is 8.61. The van der Waals surface area contributed by atoms with E-state index in [1.807, 2.05) is 0 Å². The van der Waals surface area contributed by atoms with E-state index in [9.17, 15) is 0 Å². The van der Waals surface area contributed by atoms with E-state index in [1.165, 1.54) is 38.8 Å². The molecule has 1 fully saturated rings. The molecule has 0 amide bonds. The molecule has 0 radical (unpaired) electrons. The van der Waals surface area contributed by atoms with Crippen molar-refractivity contribution in [3.8, 4) is 0 Å². The Hall–Kier alpha value is -0.0400. The zero-order valence-electron chi connectivity index (χ0n) is 15.1. The molecule has 0 spiro atoms. The maximum absolute atomic E-state index is 3.77. The van der Waals surface area contributed by atoms with Crippen LogP contribution < -0.4 is 5.32 Å². The fourth-order valence-corrected chi connectivity index (χ4v) is 3.76. The van der Waals surface area contributed by atoms with Crippen LogP contribution in [0.1, 0.15) is 74.1 Å². The number of hydrogen-bond donors (Lipinski definition) is 1. The number of rotatable bonds is 1. The first-order valence-corrected chi connectivity index (χ1v) is 8.95. The van der Waals surface area contributed by atoms with E-state index in [4.69, 9.17) is 0 Å². The van der Waals surface area contributed by atoms with Gasteiger partial charge in [0.25, 0.3) is 0 Å². The molecule has 1 N–H and O–H groups in total. The maximum atomic E-state index is 3.77. The van der Waals surface area contributed by atoms with E-state index < -0.39 is 0 Å². The predicted molar refractivity (Wildman–Crippen MR) is 90.9 cm³/mol. The lowest BCUT2D eigenvalue weighted by molar-refractivity contribution is 0.153. The molecule has 0 aromatic carbocycles. The van der Waals surface area contributed by atoms with E-state index in [-0.39, 0.29) is 0 Å². The predicted octanol–water partition coefficient (Wildman–Crippen LogP) is 5.36. The minimum Gasteiger partial charge on any atom is -0.316 e. The minimum atomic E-state index is 0.457. The third-order valence-electron chi connectivity index (χ3n) is 6.14. The highest BCUT2D eigenvalue weighted by molar-refractivity contribution is 4.83. The van der Waals surface area contributed by atoms with Crippen molar-refractivity contribution in [1.82, 2.24) is 5.32 Å². The largest absolute Gasteiger partial charge is 0.316 e. The van der Waals surface area contributed by atoms with Crippen LogP contribution in [0.3, 0.4) is 0 Å². The molecule has 5 atom stereocenters. The van der Waals surface area contributed by atoms with Crippen molar-refractivity contribution < 1.29 is 0 Å². The van der Waals surface area contributed by atoms with Crippen LogP contribution in [0.5, 0.6) is 0 Å². The molecule has 1 saturated heterocycles. The summed E-state index contributed by atoms with van der Waals surface area (Å²) in [5.74, 6) is 4.18. The first-order chi connectivity index (χ1) is 9.24. The highest BCUT2D eigenvalue weighted by Crippen LogP contribution is 2.36.